The first-order chi connectivity index (χ1) is 15.0. The summed E-state index contributed by atoms with van der Waals surface area (Å²) in [4.78, 5) is 30.1. The Morgan fingerprint density at radius 2 is 2.26 bits per heavy atom. The molecule has 1 atom stereocenters. The maximum atomic E-state index is 12.6. The molecule has 1 aliphatic rings. The third kappa shape index (κ3) is 5.23. The quantitative estimate of drug-likeness (QED) is 0.476. The lowest BCUT2D eigenvalue weighted by atomic mass is 10.1. The largest absolute Gasteiger partial charge is 0.381 e. The Kier molecular flexibility index (Phi) is 6.84. The molecule has 0 saturated carbocycles. The van der Waals surface area contributed by atoms with Crippen molar-refractivity contribution in [2.75, 3.05) is 31.6 Å². The summed E-state index contributed by atoms with van der Waals surface area (Å²) in [7, 11) is 0. The number of likely N-dealkylation sites (tertiary alicyclic amines) is 1. The predicted octanol–water partition coefficient (Wildman–Crippen LogP) is 3.28. The highest BCUT2D eigenvalue weighted by atomic mass is 35.5. The molecule has 31 heavy (non-hydrogen) atoms. The number of carbonyl (C=O) groups excluding carboxylic acids is 2. The molecule has 1 aliphatic heterocycles. The lowest BCUT2D eigenvalue weighted by Gasteiger charge is -2.16. The van der Waals surface area contributed by atoms with Crippen LogP contribution in [0.4, 0.5) is 5.13 Å². The maximum absolute atomic E-state index is 12.6. The topological polar surface area (TPSA) is 100 Å². The summed E-state index contributed by atoms with van der Waals surface area (Å²) in [5.41, 5.74) is 2.12. The second-order valence-electron chi connectivity index (χ2n) is 7.43. The van der Waals surface area contributed by atoms with Gasteiger partial charge in [0, 0.05) is 54.7 Å². The second-order valence-corrected chi connectivity index (χ2v) is 8.93. The first kappa shape index (κ1) is 21.7. The maximum Gasteiger partial charge on any atom is 0.231 e. The van der Waals surface area contributed by atoms with E-state index in [4.69, 9.17) is 16.3 Å². The number of aromatic nitrogens is 3. The minimum atomic E-state index is -0.388. The summed E-state index contributed by atoms with van der Waals surface area (Å²) in [6.07, 6.45) is 3.52. The number of nitrogens with one attached hydrogen (secondary N) is 2. The van der Waals surface area contributed by atoms with E-state index < -0.39 is 0 Å². The van der Waals surface area contributed by atoms with Gasteiger partial charge in [0.2, 0.25) is 16.9 Å². The van der Waals surface area contributed by atoms with Gasteiger partial charge in [-0.2, -0.15) is 0 Å². The minimum Gasteiger partial charge on any atom is -0.381 e. The van der Waals surface area contributed by atoms with E-state index in [-0.39, 0.29) is 24.2 Å². The number of carbonyl (C=O) groups is 2. The van der Waals surface area contributed by atoms with Gasteiger partial charge in [-0.05, 0) is 37.1 Å². The summed E-state index contributed by atoms with van der Waals surface area (Å²) >= 11 is 7.45. The molecule has 2 N–H and O–H groups in total. The molecule has 0 radical (unpaired) electrons. The van der Waals surface area contributed by atoms with Crippen molar-refractivity contribution >= 4 is 50.8 Å². The number of nitrogens with zero attached hydrogens (tertiary/aromatic N) is 3. The van der Waals surface area contributed by atoms with E-state index in [2.05, 4.69) is 20.5 Å². The van der Waals surface area contributed by atoms with Crippen molar-refractivity contribution in [1.29, 1.82) is 0 Å². The van der Waals surface area contributed by atoms with Gasteiger partial charge < -0.3 is 19.9 Å². The van der Waals surface area contributed by atoms with Crippen LogP contribution < -0.4 is 5.32 Å². The highest BCUT2D eigenvalue weighted by Gasteiger charge is 2.34. The first-order valence-electron chi connectivity index (χ1n) is 10.3. The third-order valence-electron chi connectivity index (χ3n) is 5.33. The average Bonchev–Trinajstić information content (AvgIpc) is 3.45. The van der Waals surface area contributed by atoms with Crippen molar-refractivity contribution < 1.29 is 14.3 Å². The molecular weight excluding hydrogens is 438 g/mol. The molecule has 2 aromatic heterocycles. The Hall–Kier alpha value is -2.49. The molecular formula is C21H24ClN5O3S. The Balaban J connectivity index is 1.30. The Morgan fingerprint density at radius 1 is 1.39 bits per heavy atom. The van der Waals surface area contributed by atoms with Gasteiger partial charge in [0.25, 0.3) is 0 Å². The number of H-pyrrole nitrogens is 1. The number of fused-ring (bicyclic) bond motifs is 1. The zero-order chi connectivity index (χ0) is 21.8. The summed E-state index contributed by atoms with van der Waals surface area (Å²) in [5, 5.41) is 13.9. The molecule has 164 valence electrons. The zero-order valence-electron chi connectivity index (χ0n) is 17.2. The van der Waals surface area contributed by atoms with Crippen LogP contribution in [0.1, 0.15) is 23.9 Å². The van der Waals surface area contributed by atoms with Gasteiger partial charge in [0.15, 0.2) is 0 Å². The Bertz CT molecular complexity index is 1080. The van der Waals surface area contributed by atoms with Crippen molar-refractivity contribution in [3.8, 4) is 0 Å². The lowest BCUT2D eigenvalue weighted by Crippen LogP contribution is -2.30. The molecule has 1 aromatic carbocycles. The molecule has 1 fully saturated rings. The minimum absolute atomic E-state index is 0.00677. The van der Waals surface area contributed by atoms with Crippen LogP contribution in [0.3, 0.4) is 0 Å². The average molecular weight is 462 g/mol. The lowest BCUT2D eigenvalue weighted by molar-refractivity contribution is -0.128. The van der Waals surface area contributed by atoms with Gasteiger partial charge in [-0.1, -0.05) is 22.9 Å². The monoisotopic (exact) mass is 461 g/mol. The van der Waals surface area contributed by atoms with Crippen LogP contribution >= 0.6 is 22.9 Å². The van der Waals surface area contributed by atoms with Crippen LogP contribution in [-0.2, 0) is 27.2 Å². The van der Waals surface area contributed by atoms with E-state index in [0.29, 0.717) is 49.3 Å². The number of anilines is 1. The molecule has 8 nitrogen and oxygen atoms in total. The Morgan fingerprint density at radius 3 is 3.10 bits per heavy atom. The number of halogens is 1. The van der Waals surface area contributed by atoms with Crippen molar-refractivity contribution in [3.63, 3.8) is 0 Å². The van der Waals surface area contributed by atoms with Gasteiger partial charge in [-0.3, -0.25) is 9.59 Å². The van der Waals surface area contributed by atoms with Crippen molar-refractivity contribution in [2.24, 2.45) is 5.92 Å². The van der Waals surface area contributed by atoms with Crippen LogP contribution in [0.2, 0.25) is 5.02 Å². The van der Waals surface area contributed by atoms with Gasteiger partial charge >= 0.3 is 0 Å². The standard InChI is InChI=1S/C21H24ClN5O3S/c1-2-30-8-6-18-25-26-21(31-18)24-20(29)14-9-19(28)27(12-14)7-5-13-11-23-17-4-3-15(22)10-16(13)17/h3-4,10-11,14,23H,2,5-9,12H2,1H3,(H,24,26,29). The number of benzene rings is 1. The van der Waals surface area contributed by atoms with Crippen molar-refractivity contribution in [2.45, 2.75) is 26.2 Å². The summed E-state index contributed by atoms with van der Waals surface area (Å²) in [6, 6.07) is 5.71. The molecule has 3 heterocycles. The number of hydrogen-bond acceptors (Lipinski definition) is 6. The molecule has 2 amide bonds. The molecule has 0 aliphatic carbocycles. The van der Waals surface area contributed by atoms with Gasteiger partial charge in [0.1, 0.15) is 5.01 Å². The fourth-order valence-electron chi connectivity index (χ4n) is 3.69. The fourth-order valence-corrected chi connectivity index (χ4v) is 4.59. The zero-order valence-corrected chi connectivity index (χ0v) is 18.8. The second kappa shape index (κ2) is 9.76. The number of aromatic amines is 1. The van der Waals surface area contributed by atoms with Crippen molar-refractivity contribution in [1.82, 2.24) is 20.1 Å². The Labute approximate surface area is 188 Å². The summed E-state index contributed by atoms with van der Waals surface area (Å²) < 4.78 is 5.31. The van der Waals surface area contributed by atoms with E-state index in [1.807, 2.05) is 31.3 Å². The highest BCUT2D eigenvalue weighted by Crippen LogP contribution is 2.25. The molecule has 1 saturated heterocycles. The van der Waals surface area contributed by atoms with E-state index in [0.717, 1.165) is 21.5 Å². The molecule has 4 rings (SSSR count). The van der Waals surface area contributed by atoms with E-state index in [9.17, 15) is 9.59 Å². The SMILES string of the molecule is CCOCCc1nnc(NC(=O)C2CC(=O)N(CCc3c[nH]c4ccc(Cl)cc34)C2)s1. The number of ether oxygens (including phenoxy) is 1. The van der Waals surface area contributed by atoms with Crippen molar-refractivity contribution in [3.05, 3.63) is 40.0 Å². The molecule has 1 unspecified atom stereocenters. The van der Waals surface area contributed by atoms with Gasteiger partial charge in [-0.25, -0.2) is 0 Å². The number of amides is 2. The first-order valence-corrected chi connectivity index (χ1v) is 11.5. The van der Waals surface area contributed by atoms with Crippen LogP contribution in [0.25, 0.3) is 10.9 Å². The van der Waals surface area contributed by atoms with Gasteiger partial charge in [0.05, 0.1) is 12.5 Å². The summed E-state index contributed by atoms with van der Waals surface area (Å²) in [5.74, 6) is -0.587. The van der Waals surface area contributed by atoms with E-state index in [1.165, 1.54) is 11.3 Å². The molecule has 10 heteroatoms. The van der Waals surface area contributed by atoms with Crippen LogP contribution in [0.15, 0.2) is 24.4 Å². The number of rotatable bonds is 9. The molecule has 0 bridgehead atoms. The third-order valence-corrected chi connectivity index (χ3v) is 6.46. The fraction of sp³-hybridized carbons (Fsp3) is 0.429. The summed E-state index contributed by atoms with van der Waals surface area (Å²) in [6.45, 7) is 4.14. The van der Waals surface area contributed by atoms with Crippen LogP contribution in [0.5, 0.6) is 0 Å². The normalized spacial score (nSPS) is 16.4. The van der Waals surface area contributed by atoms with Crippen LogP contribution in [-0.4, -0.2) is 58.2 Å². The van der Waals surface area contributed by atoms with Crippen LogP contribution in [0, 0.1) is 5.92 Å². The van der Waals surface area contributed by atoms with Gasteiger partial charge in [-0.15, -0.1) is 10.2 Å². The predicted molar refractivity (Wildman–Crippen MR) is 120 cm³/mol. The number of hydrogen-bond donors (Lipinski definition) is 2. The highest BCUT2D eigenvalue weighted by molar-refractivity contribution is 7.15. The van der Waals surface area contributed by atoms with E-state index in [1.54, 1.807) is 4.90 Å². The van der Waals surface area contributed by atoms with E-state index >= 15 is 0 Å². The molecule has 3 aromatic rings. The molecule has 0 spiro atoms. The smallest absolute Gasteiger partial charge is 0.231 e.